The van der Waals surface area contributed by atoms with E-state index in [-0.39, 0.29) is 33.8 Å². The highest BCUT2D eigenvalue weighted by Crippen LogP contribution is 2.29. The average molecular weight is 421 g/mol. The summed E-state index contributed by atoms with van der Waals surface area (Å²) in [6, 6.07) is 9.51. The number of carbonyl (C=O) groups is 1. The summed E-state index contributed by atoms with van der Waals surface area (Å²) in [5.41, 5.74) is 0.00413. The highest BCUT2D eigenvalue weighted by atomic mass is 32.2. The number of ether oxygens (including phenoxy) is 2. The fourth-order valence-electron chi connectivity index (χ4n) is 2.46. The molecule has 1 amide bonds. The van der Waals surface area contributed by atoms with Crippen molar-refractivity contribution in [2.24, 2.45) is 0 Å². The molecule has 0 unspecified atom stereocenters. The van der Waals surface area contributed by atoms with E-state index in [9.17, 15) is 23.3 Å². The third-order valence-corrected chi connectivity index (χ3v) is 5.57. The first-order chi connectivity index (χ1) is 13.8. The molecule has 1 saturated carbocycles. The van der Waals surface area contributed by atoms with Crippen molar-refractivity contribution in [3.05, 3.63) is 52.6 Å². The molecule has 3 rings (SSSR count). The highest BCUT2D eigenvalue weighted by molar-refractivity contribution is 7.89. The second kappa shape index (κ2) is 8.45. The van der Waals surface area contributed by atoms with Crippen LogP contribution in [0, 0.1) is 10.1 Å². The molecule has 1 aliphatic carbocycles. The van der Waals surface area contributed by atoms with Gasteiger partial charge in [-0.2, -0.15) is 0 Å². The molecule has 0 spiro atoms. The van der Waals surface area contributed by atoms with Gasteiger partial charge in [-0.05, 0) is 37.1 Å². The lowest BCUT2D eigenvalue weighted by atomic mass is 10.3. The van der Waals surface area contributed by atoms with E-state index in [1.165, 1.54) is 49.6 Å². The van der Waals surface area contributed by atoms with Gasteiger partial charge in [-0.15, -0.1) is 0 Å². The van der Waals surface area contributed by atoms with Gasteiger partial charge >= 0.3 is 0 Å². The summed E-state index contributed by atoms with van der Waals surface area (Å²) in [6.45, 7) is -0.429. The van der Waals surface area contributed by atoms with Crippen LogP contribution in [0.5, 0.6) is 11.5 Å². The molecule has 1 aliphatic rings. The number of rotatable bonds is 9. The number of nitro benzene ring substituents is 1. The Morgan fingerprint density at radius 3 is 2.66 bits per heavy atom. The Labute approximate surface area is 167 Å². The number of amides is 1. The molecule has 0 saturated heterocycles. The SMILES string of the molecule is COc1ccc(S(=O)(=O)NC2CC2)cc1NC(=O)COc1cccc([N+](=O)[O-])c1. The van der Waals surface area contributed by atoms with Crippen LogP contribution < -0.4 is 19.5 Å². The van der Waals surface area contributed by atoms with Crippen LogP contribution in [0.1, 0.15) is 12.8 Å². The number of hydrogen-bond donors (Lipinski definition) is 2. The zero-order valence-corrected chi connectivity index (χ0v) is 16.3. The molecular weight excluding hydrogens is 402 g/mol. The minimum Gasteiger partial charge on any atom is -0.495 e. The Hall–Kier alpha value is -3.18. The van der Waals surface area contributed by atoms with Gasteiger partial charge in [0.2, 0.25) is 10.0 Å². The minimum absolute atomic E-state index is 0.0000949. The van der Waals surface area contributed by atoms with Crippen LogP contribution >= 0.6 is 0 Å². The first-order valence-electron chi connectivity index (χ1n) is 8.66. The molecule has 11 heteroatoms. The molecule has 1 fully saturated rings. The maximum absolute atomic E-state index is 12.4. The molecule has 154 valence electrons. The summed E-state index contributed by atoms with van der Waals surface area (Å²) in [7, 11) is -2.31. The molecule has 0 aromatic heterocycles. The van der Waals surface area contributed by atoms with Crippen LogP contribution in [0.2, 0.25) is 0 Å². The molecule has 0 atom stereocenters. The Morgan fingerprint density at radius 1 is 1.24 bits per heavy atom. The quantitative estimate of drug-likeness (QED) is 0.467. The number of nitro groups is 1. The van der Waals surface area contributed by atoms with Gasteiger partial charge in [-0.25, -0.2) is 13.1 Å². The van der Waals surface area contributed by atoms with Crippen LogP contribution in [0.3, 0.4) is 0 Å². The molecule has 10 nitrogen and oxygen atoms in total. The molecule has 0 aliphatic heterocycles. The van der Waals surface area contributed by atoms with Crippen molar-refractivity contribution in [2.45, 2.75) is 23.8 Å². The third-order valence-electron chi connectivity index (χ3n) is 4.05. The van der Waals surface area contributed by atoms with E-state index in [4.69, 9.17) is 9.47 Å². The molecule has 0 bridgehead atoms. The number of nitrogens with zero attached hydrogens (tertiary/aromatic N) is 1. The number of carbonyl (C=O) groups excluding carboxylic acids is 1. The van der Waals surface area contributed by atoms with Crippen LogP contribution in [-0.4, -0.2) is 39.0 Å². The number of non-ortho nitro benzene ring substituents is 1. The summed E-state index contributed by atoms with van der Waals surface area (Å²) in [5.74, 6) is -0.148. The topological polar surface area (TPSA) is 137 Å². The summed E-state index contributed by atoms with van der Waals surface area (Å²) < 4.78 is 37.8. The zero-order valence-electron chi connectivity index (χ0n) is 15.5. The van der Waals surface area contributed by atoms with E-state index in [0.717, 1.165) is 12.8 Å². The standard InChI is InChI=1S/C18H19N3O7S/c1-27-17-8-7-15(29(25,26)20-12-5-6-12)10-16(17)19-18(22)11-28-14-4-2-3-13(9-14)21(23)24/h2-4,7-10,12,20H,5-6,11H2,1H3,(H,19,22). The highest BCUT2D eigenvalue weighted by Gasteiger charge is 2.28. The fraction of sp³-hybridized carbons (Fsp3) is 0.278. The number of anilines is 1. The number of benzene rings is 2. The number of hydrogen-bond acceptors (Lipinski definition) is 7. The average Bonchev–Trinajstić information content (AvgIpc) is 3.50. The van der Waals surface area contributed by atoms with Crippen LogP contribution in [0.4, 0.5) is 11.4 Å². The number of methoxy groups -OCH3 is 1. The van der Waals surface area contributed by atoms with Gasteiger partial charge in [0.25, 0.3) is 11.6 Å². The molecule has 29 heavy (non-hydrogen) atoms. The van der Waals surface area contributed by atoms with Crippen molar-refractivity contribution in [1.82, 2.24) is 4.72 Å². The van der Waals surface area contributed by atoms with Crippen LogP contribution in [0.15, 0.2) is 47.4 Å². The predicted molar refractivity (Wildman–Crippen MR) is 104 cm³/mol. The lowest BCUT2D eigenvalue weighted by molar-refractivity contribution is -0.384. The molecule has 2 aromatic carbocycles. The Balaban J connectivity index is 1.69. The van der Waals surface area contributed by atoms with Crippen LogP contribution in [0.25, 0.3) is 0 Å². The summed E-state index contributed by atoms with van der Waals surface area (Å²) >= 11 is 0. The van der Waals surface area contributed by atoms with Crippen molar-refractivity contribution >= 4 is 27.3 Å². The van der Waals surface area contributed by atoms with E-state index in [1.807, 2.05) is 0 Å². The lowest BCUT2D eigenvalue weighted by Crippen LogP contribution is -2.26. The zero-order chi connectivity index (χ0) is 21.0. The normalized spacial score (nSPS) is 13.6. The first kappa shape index (κ1) is 20.6. The maximum Gasteiger partial charge on any atom is 0.273 e. The first-order valence-corrected chi connectivity index (χ1v) is 10.1. The van der Waals surface area contributed by atoms with E-state index in [2.05, 4.69) is 10.0 Å². The van der Waals surface area contributed by atoms with Crippen molar-refractivity contribution < 1.29 is 27.6 Å². The Morgan fingerprint density at radius 2 is 2.00 bits per heavy atom. The molecular formula is C18H19N3O7S. The van der Waals surface area contributed by atoms with Gasteiger partial charge in [0.05, 0.1) is 28.7 Å². The fourth-order valence-corrected chi connectivity index (χ4v) is 3.79. The molecule has 2 aromatic rings. The summed E-state index contributed by atoms with van der Waals surface area (Å²) in [4.78, 5) is 22.5. The van der Waals surface area contributed by atoms with E-state index in [1.54, 1.807) is 0 Å². The van der Waals surface area contributed by atoms with Crippen molar-refractivity contribution in [3.8, 4) is 11.5 Å². The number of nitrogens with one attached hydrogen (secondary N) is 2. The van der Waals surface area contributed by atoms with Gasteiger partial charge in [0, 0.05) is 12.1 Å². The van der Waals surface area contributed by atoms with Crippen molar-refractivity contribution in [1.29, 1.82) is 0 Å². The van der Waals surface area contributed by atoms with E-state index < -0.39 is 27.5 Å². The maximum atomic E-state index is 12.4. The molecule has 2 N–H and O–H groups in total. The van der Waals surface area contributed by atoms with Gasteiger partial charge < -0.3 is 14.8 Å². The summed E-state index contributed by atoms with van der Waals surface area (Å²) in [6.07, 6.45) is 1.60. The Bertz CT molecular complexity index is 1040. The lowest BCUT2D eigenvalue weighted by Gasteiger charge is -2.13. The Kier molecular flexibility index (Phi) is 5.99. The second-order valence-electron chi connectivity index (χ2n) is 6.35. The predicted octanol–water partition coefficient (Wildman–Crippen LogP) is 2.06. The third kappa shape index (κ3) is 5.42. The minimum atomic E-state index is -3.70. The van der Waals surface area contributed by atoms with Gasteiger partial charge in [0.15, 0.2) is 6.61 Å². The molecule has 0 heterocycles. The molecule has 0 radical (unpaired) electrons. The van der Waals surface area contributed by atoms with Crippen molar-refractivity contribution in [3.63, 3.8) is 0 Å². The van der Waals surface area contributed by atoms with E-state index in [0.29, 0.717) is 0 Å². The van der Waals surface area contributed by atoms with Crippen molar-refractivity contribution in [2.75, 3.05) is 19.0 Å². The smallest absolute Gasteiger partial charge is 0.273 e. The van der Waals surface area contributed by atoms with Gasteiger partial charge in [-0.1, -0.05) is 6.07 Å². The largest absolute Gasteiger partial charge is 0.495 e. The van der Waals surface area contributed by atoms with Crippen LogP contribution in [-0.2, 0) is 14.8 Å². The monoisotopic (exact) mass is 421 g/mol. The van der Waals surface area contributed by atoms with Gasteiger partial charge in [0.1, 0.15) is 11.5 Å². The number of sulfonamides is 1. The van der Waals surface area contributed by atoms with E-state index >= 15 is 0 Å². The van der Waals surface area contributed by atoms with Gasteiger partial charge in [-0.3, -0.25) is 14.9 Å². The summed E-state index contributed by atoms with van der Waals surface area (Å²) in [5, 5.41) is 13.3. The second-order valence-corrected chi connectivity index (χ2v) is 8.06.